The molecule has 0 saturated heterocycles. The van der Waals surface area contributed by atoms with E-state index in [4.69, 9.17) is 4.42 Å². The first-order chi connectivity index (χ1) is 9.51. The summed E-state index contributed by atoms with van der Waals surface area (Å²) in [6.07, 6.45) is 1.42. The van der Waals surface area contributed by atoms with Crippen LogP contribution < -0.4 is 0 Å². The van der Waals surface area contributed by atoms with E-state index < -0.39 is 11.5 Å². The molecule has 1 heterocycles. The molecule has 0 amide bonds. The molecule has 0 aliphatic carbocycles. The zero-order chi connectivity index (χ0) is 14.8. The fourth-order valence-corrected chi connectivity index (χ4v) is 2.21. The van der Waals surface area contributed by atoms with E-state index in [0.717, 1.165) is 11.1 Å². The molecule has 0 fully saturated rings. The van der Waals surface area contributed by atoms with Crippen LogP contribution in [0.25, 0.3) is 11.1 Å². The third-order valence-corrected chi connectivity index (χ3v) is 4.14. The summed E-state index contributed by atoms with van der Waals surface area (Å²) in [5, 5.41) is 20.1. The fraction of sp³-hybridized carbons (Fsp3) is 0.412. The number of hydrogen-bond acceptors (Lipinski definition) is 3. The normalized spacial score (nSPS) is 15.8. The maximum Gasteiger partial charge on any atom is 0.140 e. The molecule has 20 heavy (non-hydrogen) atoms. The number of aliphatic hydroxyl groups is 2. The van der Waals surface area contributed by atoms with Gasteiger partial charge in [0.2, 0.25) is 0 Å². The van der Waals surface area contributed by atoms with Crippen molar-refractivity contribution < 1.29 is 14.6 Å². The molecular weight excluding hydrogens is 252 g/mol. The van der Waals surface area contributed by atoms with E-state index in [2.05, 4.69) is 0 Å². The van der Waals surface area contributed by atoms with Crippen LogP contribution in [0.4, 0.5) is 0 Å². The maximum absolute atomic E-state index is 10.6. The first-order valence-electron chi connectivity index (χ1n) is 6.95. The molecule has 0 aliphatic heterocycles. The Morgan fingerprint density at radius 2 is 1.85 bits per heavy atom. The predicted molar refractivity (Wildman–Crippen MR) is 79.3 cm³/mol. The minimum absolute atomic E-state index is 0.0846. The largest absolute Gasteiger partial charge is 0.466 e. The van der Waals surface area contributed by atoms with Gasteiger partial charge in [0, 0.05) is 11.0 Å². The van der Waals surface area contributed by atoms with E-state index in [1.54, 1.807) is 6.26 Å². The molecule has 2 N–H and O–H groups in total. The first-order valence-corrected chi connectivity index (χ1v) is 6.95. The van der Waals surface area contributed by atoms with Gasteiger partial charge in [0.15, 0.2) is 0 Å². The van der Waals surface area contributed by atoms with E-state index >= 15 is 0 Å². The second-order valence-electron chi connectivity index (χ2n) is 5.63. The van der Waals surface area contributed by atoms with Gasteiger partial charge in [0.1, 0.15) is 11.9 Å². The Balaban J connectivity index is 2.40. The molecule has 2 aromatic rings. The molecule has 3 heteroatoms. The zero-order valence-electron chi connectivity index (χ0n) is 12.3. The van der Waals surface area contributed by atoms with Crippen LogP contribution in [0.1, 0.15) is 37.7 Å². The molecule has 2 atom stereocenters. The first kappa shape index (κ1) is 14.8. The van der Waals surface area contributed by atoms with Gasteiger partial charge in [-0.2, -0.15) is 0 Å². The third-order valence-electron chi connectivity index (χ3n) is 4.14. The van der Waals surface area contributed by atoms with E-state index in [1.807, 2.05) is 51.1 Å². The van der Waals surface area contributed by atoms with Crippen LogP contribution in [0.15, 0.2) is 41.0 Å². The summed E-state index contributed by atoms with van der Waals surface area (Å²) in [6.45, 7) is 5.76. The predicted octanol–water partition coefficient (Wildman–Crippen LogP) is 3.70. The Bertz CT molecular complexity index is 550. The molecule has 3 nitrogen and oxygen atoms in total. The molecule has 0 aliphatic rings. The lowest BCUT2D eigenvalue weighted by Gasteiger charge is -2.30. The Morgan fingerprint density at radius 3 is 2.40 bits per heavy atom. The average Bonchev–Trinajstić information content (AvgIpc) is 2.95. The lowest BCUT2D eigenvalue weighted by Crippen LogP contribution is -2.29. The second kappa shape index (κ2) is 5.81. The number of rotatable bonds is 5. The highest BCUT2D eigenvalue weighted by Gasteiger charge is 2.35. The van der Waals surface area contributed by atoms with Crippen molar-refractivity contribution in [2.24, 2.45) is 5.41 Å². The van der Waals surface area contributed by atoms with Crippen LogP contribution in [-0.4, -0.2) is 16.8 Å². The van der Waals surface area contributed by atoms with Crippen molar-refractivity contribution in [1.29, 1.82) is 0 Å². The van der Waals surface area contributed by atoms with Gasteiger partial charge in [0.05, 0.1) is 12.9 Å². The SMILES string of the molecule is CC[C@@](C)(CO)[C@@H](O)c1occc1-c1ccc(C)cc1. The van der Waals surface area contributed by atoms with Gasteiger partial charge < -0.3 is 14.6 Å². The fourth-order valence-electron chi connectivity index (χ4n) is 2.21. The van der Waals surface area contributed by atoms with E-state index in [0.29, 0.717) is 12.2 Å². The van der Waals surface area contributed by atoms with Crippen LogP contribution in [-0.2, 0) is 0 Å². The summed E-state index contributed by atoms with van der Waals surface area (Å²) in [5.41, 5.74) is 2.48. The molecule has 0 bridgehead atoms. The van der Waals surface area contributed by atoms with E-state index in [-0.39, 0.29) is 6.61 Å². The number of aliphatic hydroxyl groups excluding tert-OH is 2. The molecule has 0 spiro atoms. The molecule has 0 unspecified atom stereocenters. The zero-order valence-corrected chi connectivity index (χ0v) is 12.3. The number of furan rings is 1. The Hall–Kier alpha value is -1.58. The monoisotopic (exact) mass is 274 g/mol. The Kier molecular flexibility index (Phi) is 4.31. The highest BCUT2D eigenvalue weighted by molar-refractivity contribution is 5.66. The van der Waals surface area contributed by atoms with Crippen LogP contribution in [0.5, 0.6) is 0 Å². The quantitative estimate of drug-likeness (QED) is 0.874. The van der Waals surface area contributed by atoms with Crippen molar-refractivity contribution in [3.05, 3.63) is 47.9 Å². The highest BCUT2D eigenvalue weighted by atomic mass is 16.4. The Labute approximate surface area is 119 Å². The van der Waals surface area contributed by atoms with Crippen molar-refractivity contribution >= 4 is 0 Å². The average molecular weight is 274 g/mol. The standard InChI is InChI=1S/C17H22O3/c1-4-17(3,11-18)16(19)15-14(9-10-20-15)13-7-5-12(2)6-8-13/h5-10,16,18-19H,4,11H2,1-3H3/t16-,17-/m0/s1. The van der Waals surface area contributed by atoms with Gasteiger partial charge in [-0.15, -0.1) is 0 Å². The van der Waals surface area contributed by atoms with Gasteiger partial charge in [-0.1, -0.05) is 43.7 Å². The molecular formula is C17H22O3. The number of benzene rings is 1. The van der Waals surface area contributed by atoms with Crippen molar-refractivity contribution in [3.63, 3.8) is 0 Å². The maximum atomic E-state index is 10.6. The van der Waals surface area contributed by atoms with Crippen LogP contribution in [0, 0.1) is 12.3 Å². The van der Waals surface area contributed by atoms with E-state index in [9.17, 15) is 10.2 Å². The minimum atomic E-state index is -0.830. The van der Waals surface area contributed by atoms with Crippen molar-refractivity contribution in [2.45, 2.75) is 33.3 Å². The number of aryl methyl sites for hydroxylation is 1. The van der Waals surface area contributed by atoms with Gasteiger partial charge in [-0.25, -0.2) is 0 Å². The molecule has 0 saturated carbocycles. The summed E-state index contributed by atoms with van der Waals surface area (Å²) >= 11 is 0. The van der Waals surface area contributed by atoms with Crippen molar-refractivity contribution in [2.75, 3.05) is 6.61 Å². The molecule has 1 aromatic carbocycles. The van der Waals surface area contributed by atoms with Crippen molar-refractivity contribution in [1.82, 2.24) is 0 Å². The summed E-state index contributed by atoms with van der Waals surface area (Å²) in [4.78, 5) is 0. The van der Waals surface area contributed by atoms with Crippen LogP contribution in [0.2, 0.25) is 0 Å². The second-order valence-corrected chi connectivity index (χ2v) is 5.63. The third kappa shape index (κ3) is 2.65. The Morgan fingerprint density at radius 1 is 1.20 bits per heavy atom. The van der Waals surface area contributed by atoms with Crippen molar-refractivity contribution in [3.8, 4) is 11.1 Å². The lowest BCUT2D eigenvalue weighted by molar-refractivity contribution is -0.0213. The van der Waals surface area contributed by atoms with Crippen LogP contribution >= 0.6 is 0 Å². The van der Waals surface area contributed by atoms with E-state index in [1.165, 1.54) is 5.56 Å². The van der Waals surface area contributed by atoms with Gasteiger partial charge >= 0.3 is 0 Å². The number of hydrogen-bond donors (Lipinski definition) is 2. The summed E-state index contributed by atoms with van der Waals surface area (Å²) in [6, 6.07) is 9.95. The topological polar surface area (TPSA) is 53.6 Å². The highest BCUT2D eigenvalue weighted by Crippen LogP contribution is 2.40. The van der Waals surface area contributed by atoms with Gasteiger partial charge in [-0.3, -0.25) is 0 Å². The molecule has 0 radical (unpaired) electrons. The van der Waals surface area contributed by atoms with Crippen LogP contribution in [0.3, 0.4) is 0 Å². The molecule has 2 rings (SSSR count). The van der Waals surface area contributed by atoms with Gasteiger partial charge in [0.25, 0.3) is 0 Å². The smallest absolute Gasteiger partial charge is 0.140 e. The lowest BCUT2D eigenvalue weighted by atomic mass is 9.80. The summed E-state index contributed by atoms with van der Waals surface area (Å²) < 4.78 is 5.50. The van der Waals surface area contributed by atoms with Gasteiger partial charge in [-0.05, 0) is 25.0 Å². The summed E-state index contributed by atoms with van der Waals surface area (Å²) in [5.74, 6) is 0.521. The molecule has 108 valence electrons. The molecule has 1 aromatic heterocycles. The minimum Gasteiger partial charge on any atom is -0.466 e. The summed E-state index contributed by atoms with van der Waals surface area (Å²) in [7, 11) is 0.